The van der Waals surface area contributed by atoms with Gasteiger partial charge in [-0.3, -0.25) is 4.79 Å². The Balaban J connectivity index is 1.87. The number of rotatable bonds is 4. The Hall–Kier alpha value is -0.570. The van der Waals surface area contributed by atoms with Crippen molar-refractivity contribution in [3.63, 3.8) is 0 Å². The Morgan fingerprint density at radius 1 is 1.47 bits per heavy atom. The van der Waals surface area contributed by atoms with Crippen LogP contribution in [0, 0.1) is 11.8 Å². The molecule has 1 amide bonds. The van der Waals surface area contributed by atoms with E-state index in [4.69, 9.17) is 0 Å². The molecule has 0 radical (unpaired) electrons. The second kappa shape index (κ2) is 4.52. The van der Waals surface area contributed by atoms with Crippen LogP contribution in [0.25, 0.3) is 0 Å². The predicted octanol–water partition coefficient (Wildman–Crippen LogP) is 1.24. The molecule has 0 aromatic heterocycles. The minimum Gasteiger partial charge on any atom is -0.340 e. The highest BCUT2D eigenvalue weighted by atomic mass is 16.2. The second-order valence-electron chi connectivity index (χ2n) is 5.36. The molecule has 3 nitrogen and oxygen atoms in total. The first kappa shape index (κ1) is 10.9. The van der Waals surface area contributed by atoms with Gasteiger partial charge in [0.1, 0.15) is 0 Å². The number of carbonyl (C=O) groups is 1. The van der Waals surface area contributed by atoms with Gasteiger partial charge in [0.2, 0.25) is 5.91 Å². The van der Waals surface area contributed by atoms with E-state index in [-0.39, 0.29) is 6.04 Å². The Morgan fingerprint density at radius 2 is 2.20 bits per heavy atom. The van der Waals surface area contributed by atoms with Crippen LogP contribution in [0.4, 0.5) is 0 Å². The number of hydrogen-bond donors (Lipinski definition) is 1. The molecule has 86 valence electrons. The molecule has 1 heterocycles. The Labute approximate surface area is 92.2 Å². The summed E-state index contributed by atoms with van der Waals surface area (Å²) in [5, 5.41) is 3.33. The fourth-order valence-electron chi connectivity index (χ4n) is 2.24. The van der Waals surface area contributed by atoms with Gasteiger partial charge in [0.25, 0.3) is 0 Å². The number of nitrogens with zero attached hydrogens (tertiary/aromatic N) is 1. The van der Waals surface area contributed by atoms with Crippen LogP contribution >= 0.6 is 0 Å². The number of piperazine rings is 1. The Bertz CT molecular complexity index is 222. The van der Waals surface area contributed by atoms with Gasteiger partial charge in [0, 0.05) is 19.6 Å². The topological polar surface area (TPSA) is 32.3 Å². The first-order chi connectivity index (χ1) is 7.16. The molecule has 2 aliphatic rings. The zero-order valence-corrected chi connectivity index (χ0v) is 9.83. The van der Waals surface area contributed by atoms with Crippen molar-refractivity contribution < 1.29 is 4.79 Å². The molecule has 1 unspecified atom stereocenters. The summed E-state index contributed by atoms with van der Waals surface area (Å²) in [6.45, 7) is 7.23. The molecule has 0 aromatic rings. The quantitative estimate of drug-likeness (QED) is 0.757. The predicted molar refractivity (Wildman–Crippen MR) is 60.5 cm³/mol. The maximum atomic E-state index is 12.1. The van der Waals surface area contributed by atoms with E-state index in [2.05, 4.69) is 24.1 Å². The van der Waals surface area contributed by atoms with Gasteiger partial charge >= 0.3 is 0 Å². The zero-order valence-electron chi connectivity index (χ0n) is 9.83. The summed E-state index contributed by atoms with van der Waals surface area (Å²) in [6.07, 6.45) is 3.62. The standard InChI is InChI=1S/C12H22N2O/c1-9(2)7-11-12(15)14(6-5-13-11)8-10-3-4-10/h9-11,13H,3-8H2,1-2H3. The highest BCUT2D eigenvalue weighted by Gasteiger charge is 2.32. The summed E-state index contributed by atoms with van der Waals surface area (Å²) in [7, 11) is 0. The van der Waals surface area contributed by atoms with Gasteiger partial charge in [0.15, 0.2) is 0 Å². The van der Waals surface area contributed by atoms with Crippen molar-refractivity contribution in [2.75, 3.05) is 19.6 Å². The van der Waals surface area contributed by atoms with Crippen LogP contribution in [0.15, 0.2) is 0 Å². The number of amides is 1. The van der Waals surface area contributed by atoms with Crippen molar-refractivity contribution in [3.8, 4) is 0 Å². The summed E-state index contributed by atoms with van der Waals surface area (Å²) in [6, 6.07) is 0.0810. The zero-order chi connectivity index (χ0) is 10.8. The number of carbonyl (C=O) groups excluding carboxylic acids is 1. The summed E-state index contributed by atoms with van der Waals surface area (Å²) in [4.78, 5) is 14.2. The maximum Gasteiger partial charge on any atom is 0.239 e. The molecule has 1 aliphatic carbocycles. The van der Waals surface area contributed by atoms with E-state index in [1.807, 2.05) is 0 Å². The lowest BCUT2D eigenvalue weighted by Crippen LogP contribution is -2.55. The van der Waals surface area contributed by atoms with Crippen LogP contribution in [0.1, 0.15) is 33.1 Å². The molecule has 1 N–H and O–H groups in total. The van der Waals surface area contributed by atoms with Crippen LogP contribution in [0.5, 0.6) is 0 Å². The highest BCUT2D eigenvalue weighted by Crippen LogP contribution is 2.30. The summed E-state index contributed by atoms with van der Waals surface area (Å²) in [5.74, 6) is 1.74. The third-order valence-corrected chi connectivity index (χ3v) is 3.26. The van der Waals surface area contributed by atoms with E-state index in [1.165, 1.54) is 12.8 Å². The van der Waals surface area contributed by atoms with Gasteiger partial charge in [-0.05, 0) is 31.1 Å². The van der Waals surface area contributed by atoms with Crippen LogP contribution in [-0.4, -0.2) is 36.5 Å². The normalized spacial score (nSPS) is 27.5. The molecule has 1 saturated carbocycles. The van der Waals surface area contributed by atoms with Gasteiger partial charge < -0.3 is 10.2 Å². The summed E-state index contributed by atoms with van der Waals surface area (Å²) >= 11 is 0. The molecular formula is C12H22N2O. The lowest BCUT2D eigenvalue weighted by atomic mass is 10.0. The fourth-order valence-corrected chi connectivity index (χ4v) is 2.24. The molecule has 1 saturated heterocycles. The fraction of sp³-hybridized carbons (Fsp3) is 0.917. The van der Waals surface area contributed by atoms with Gasteiger partial charge in [-0.15, -0.1) is 0 Å². The number of nitrogens with one attached hydrogen (secondary N) is 1. The molecule has 2 fully saturated rings. The Morgan fingerprint density at radius 3 is 2.80 bits per heavy atom. The van der Waals surface area contributed by atoms with E-state index < -0.39 is 0 Å². The third kappa shape index (κ3) is 2.94. The molecule has 1 aliphatic heterocycles. The van der Waals surface area contributed by atoms with E-state index in [9.17, 15) is 4.79 Å². The van der Waals surface area contributed by atoms with Crippen LogP contribution in [-0.2, 0) is 4.79 Å². The Kier molecular flexibility index (Phi) is 3.29. The van der Waals surface area contributed by atoms with Crippen molar-refractivity contribution in [2.45, 2.75) is 39.2 Å². The maximum absolute atomic E-state index is 12.1. The first-order valence-electron chi connectivity index (χ1n) is 6.19. The van der Waals surface area contributed by atoms with E-state index in [1.54, 1.807) is 0 Å². The lowest BCUT2D eigenvalue weighted by Gasteiger charge is -2.34. The molecule has 0 bridgehead atoms. The van der Waals surface area contributed by atoms with Crippen LogP contribution in [0.2, 0.25) is 0 Å². The van der Waals surface area contributed by atoms with Crippen molar-refractivity contribution in [1.82, 2.24) is 10.2 Å². The average Bonchev–Trinajstić information content (AvgIpc) is 2.95. The minimum absolute atomic E-state index is 0.0810. The molecule has 1 atom stereocenters. The highest BCUT2D eigenvalue weighted by molar-refractivity contribution is 5.82. The van der Waals surface area contributed by atoms with Crippen molar-refractivity contribution in [2.24, 2.45) is 11.8 Å². The monoisotopic (exact) mass is 210 g/mol. The molecule has 3 heteroatoms. The van der Waals surface area contributed by atoms with Gasteiger partial charge in [-0.1, -0.05) is 13.8 Å². The van der Waals surface area contributed by atoms with Crippen molar-refractivity contribution >= 4 is 5.91 Å². The third-order valence-electron chi connectivity index (χ3n) is 3.26. The summed E-state index contributed by atoms with van der Waals surface area (Å²) < 4.78 is 0. The summed E-state index contributed by atoms with van der Waals surface area (Å²) in [5.41, 5.74) is 0. The van der Waals surface area contributed by atoms with Gasteiger partial charge in [0.05, 0.1) is 6.04 Å². The molecular weight excluding hydrogens is 188 g/mol. The van der Waals surface area contributed by atoms with Crippen molar-refractivity contribution in [1.29, 1.82) is 0 Å². The van der Waals surface area contributed by atoms with Crippen molar-refractivity contribution in [3.05, 3.63) is 0 Å². The number of hydrogen-bond acceptors (Lipinski definition) is 2. The minimum atomic E-state index is 0.0810. The van der Waals surface area contributed by atoms with E-state index in [0.717, 1.165) is 32.0 Å². The lowest BCUT2D eigenvalue weighted by molar-refractivity contribution is -0.136. The molecule has 0 aromatic carbocycles. The SMILES string of the molecule is CC(C)CC1NCCN(CC2CC2)C1=O. The van der Waals surface area contributed by atoms with E-state index in [0.29, 0.717) is 11.8 Å². The second-order valence-corrected chi connectivity index (χ2v) is 5.36. The van der Waals surface area contributed by atoms with Gasteiger partial charge in [-0.25, -0.2) is 0 Å². The molecule has 0 spiro atoms. The van der Waals surface area contributed by atoms with E-state index >= 15 is 0 Å². The van der Waals surface area contributed by atoms with Gasteiger partial charge in [-0.2, -0.15) is 0 Å². The first-order valence-corrected chi connectivity index (χ1v) is 6.19. The molecule has 2 rings (SSSR count). The smallest absolute Gasteiger partial charge is 0.239 e. The van der Waals surface area contributed by atoms with Crippen LogP contribution in [0.3, 0.4) is 0 Å². The average molecular weight is 210 g/mol. The largest absolute Gasteiger partial charge is 0.340 e. The van der Waals surface area contributed by atoms with Crippen LogP contribution < -0.4 is 5.32 Å². The molecule has 15 heavy (non-hydrogen) atoms.